The van der Waals surface area contributed by atoms with Crippen LogP contribution >= 0.6 is 11.8 Å². The Bertz CT molecular complexity index is 1000. The number of carbonyl (C=O) groups is 1. The van der Waals surface area contributed by atoms with Gasteiger partial charge in [0, 0.05) is 38.3 Å². The molecule has 0 unspecified atom stereocenters. The molecule has 1 aromatic heterocycles. The third-order valence-electron chi connectivity index (χ3n) is 4.41. The number of nitrogens with zero attached hydrogens (tertiary/aromatic N) is 2. The summed E-state index contributed by atoms with van der Waals surface area (Å²) in [6.45, 7) is 2.55. The van der Waals surface area contributed by atoms with Crippen molar-refractivity contribution in [1.29, 1.82) is 0 Å². The number of methoxy groups -OCH3 is 2. The summed E-state index contributed by atoms with van der Waals surface area (Å²) in [7, 11) is 1.26. The fourth-order valence-corrected chi connectivity index (χ4v) is 4.65. The number of ether oxygens (including phenoxy) is 2. The molecule has 2 aromatic rings. The third-order valence-corrected chi connectivity index (χ3v) is 6.12. The normalized spacial score (nSPS) is 11.5. The monoisotopic (exact) mass is 441 g/mol. The van der Waals surface area contributed by atoms with Crippen molar-refractivity contribution in [3.63, 3.8) is 0 Å². The second-order valence-electron chi connectivity index (χ2n) is 6.51. The van der Waals surface area contributed by atoms with Gasteiger partial charge < -0.3 is 14.8 Å². The second-order valence-corrected chi connectivity index (χ2v) is 9.36. The molecule has 0 aliphatic rings. The molecule has 1 N–H and O–H groups in total. The minimum absolute atomic E-state index is 0.157. The van der Waals surface area contributed by atoms with Crippen LogP contribution in [-0.2, 0) is 27.4 Å². The maximum Gasteiger partial charge on any atom is 0.223 e. The molecule has 0 atom stereocenters. The third kappa shape index (κ3) is 4.93. The molecular weight excluding hydrogens is 414 g/mol. The van der Waals surface area contributed by atoms with Gasteiger partial charge in [-0.15, -0.1) is 0 Å². The molecule has 29 heavy (non-hydrogen) atoms. The molecule has 0 aliphatic heterocycles. The van der Waals surface area contributed by atoms with E-state index in [-0.39, 0.29) is 10.7 Å². The van der Waals surface area contributed by atoms with Gasteiger partial charge in [-0.2, -0.15) is 16.9 Å². The fourth-order valence-electron chi connectivity index (χ4n) is 3.18. The summed E-state index contributed by atoms with van der Waals surface area (Å²) < 4.78 is 36.7. The van der Waals surface area contributed by atoms with E-state index in [9.17, 15) is 13.2 Å². The highest BCUT2D eigenvalue weighted by atomic mass is 32.2. The van der Waals surface area contributed by atoms with Crippen LogP contribution < -0.4 is 10.1 Å². The van der Waals surface area contributed by atoms with Crippen molar-refractivity contribution in [2.24, 2.45) is 7.05 Å². The van der Waals surface area contributed by atoms with Crippen LogP contribution in [0.15, 0.2) is 17.0 Å². The number of sulfone groups is 1. The zero-order valence-electron chi connectivity index (χ0n) is 17.5. The van der Waals surface area contributed by atoms with Crippen molar-refractivity contribution in [3.8, 4) is 5.88 Å². The van der Waals surface area contributed by atoms with E-state index in [0.29, 0.717) is 52.9 Å². The Kier molecular flexibility index (Phi) is 7.73. The molecule has 0 spiro atoms. The average Bonchev–Trinajstić information content (AvgIpc) is 2.94. The SMILES string of the molecule is COCCNc1c(S(C)(=O)=O)ccc(C(=O)c2c(C)nn(C)c2OC)c1CSC. The zero-order valence-corrected chi connectivity index (χ0v) is 19.2. The summed E-state index contributed by atoms with van der Waals surface area (Å²) >= 11 is 1.50. The Labute approximate surface area is 175 Å². The van der Waals surface area contributed by atoms with Gasteiger partial charge >= 0.3 is 0 Å². The summed E-state index contributed by atoms with van der Waals surface area (Å²) in [5.41, 5.74) is 2.40. The molecule has 0 aliphatic carbocycles. The van der Waals surface area contributed by atoms with Gasteiger partial charge in [0.05, 0.1) is 30.0 Å². The van der Waals surface area contributed by atoms with Crippen LogP contribution in [0.2, 0.25) is 0 Å². The molecule has 1 aromatic carbocycles. The van der Waals surface area contributed by atoms with Crippen LogP contribution in [0.25, 0.3) is 0 Å². The number of rotatable bonds is 10. The summed E-state index contributed by atoms with van der Waals surface area (Å²) in [6, 6.07) is 3.04. The van der Waals surface area contributed by atoms with Crippen molar-refractivity contribution in [2.45, 2.75) is 17.6 Å². The number of aromatic nitrogens is 2. The van der Waals surface area contributed by atoms with Gasteiger partial charge in [-0.3, -0.25) is 4.79 Å². The number of benzene rings is 1. The molecule has 0 radical (unpaired) electrons. The summed E-state index contributed by atoms with van der Waals surface area (Å²) in [5.74, 6) is 0.566. The van der Waals surface area contributed by atoms with Gasteiger partial charge in [-0.1, -0.05) is 0 Å². The maximum atomic E-state index is 13.5. The summed E-state index contributed by atoms with van der Waals surface area (Å²) in [6.07, 6.45) is 3.05. The van der Waals surface area contributed by atoms with Crippen molar-refractivity contribution >= 4 is 33.1 Å². The zero-order chi connectivity index (χ0) is 21.8. The molecule has 2 rings (SSSR count). The van der Waals surface area contributed by atoms with Crippen molar-refractivity contribution in [1.82, 2.24) is 9.78 Å². The number of anilines is 1. The van der Waals surface area contributed by atoms with E-state index in [1.165, 1.54) is 29.6 Å². The van der Waals surface area contributed by atoms with Gasteiger partial charge in [0.25, 0.3) is 0 Å². The molecule has 0 amide bonds. The predicted octanol–water partition coefficient (Wildman–Crippen LogP) is 2.29. The molecule has 0 saturated heterocycles. The summed E-state index contributed by atoms with van der Waals surface area (Å²) in [4.78, 5) is 13.6. The smallest absolute Gasteiger partial charge is 0.223 e. The van der Waals surface area contributed by atoms with Crippen LogP contribution in [0.1, 0.15) is 27.2 Å². The van der Waals surface area contributed by atoms with Gasteiger partial charge in [-0.05, 0) is 30.9 Å². The summed E-state index contributed by atoms with van der Waals surface area (Å²) in [5, 5.41) is 7.43. The highest BCUT2D eigenvalue weighted by Crippen LogP contribution is 2.34. The van der Waals surface area contributed by atoms with Gasteiger partial charge in [0.1, 0.15) is 5.56 Å². The van der Waals surface area contributed by atoms with Crippen molar-refractivity contribution in [3.05, 3.63) is 34.5 Å². The number of carbonyl (C=O) groups excluding carboxylic acids is 1. The molecule has 1 heterocycles. The molecule has 0 saturated carbocycles. The lowest BCUT2D eigenvalue weighted by atomic mass is 9.97. The Morgan fingerprint density at radius 3 is 2.55 bits per heavy atom. The Balaban J connectivity index is 2.72. The van der Waals surface area contributed by atoms with E-state index in [1.807, 2.05) is 6.26 Å². The molecular formula is C19H27N3O5S2. The first kappa shape index (κ1) is 23.2. The van der Waals surface area contributed by atoms with Crippen LogP contribution in [0.4, 0.5) is 5.69 Å². The molecule has 8 nitrogen and oxygen atoms in total. The van der Waals surface area contributed by atoms with E-state index in [2.05, 4.69) is 10.4 Å². The van der Waals surface area contributed by atoms with E-state index < -0.39 is 9.84 Å². The largest absolute Gasteiger partial charge is 0.481 e. The van der Waals surface area contributed by atoms with Gasteiger partial charge in [0.15, 0.2) is 9.84 Å². The van der Waals surface area contributed by atoms with Gasteiger partial charge in [-0.25, -0.2) is 13.1 Å². The Morgan fingerprint density at radius 1 is 1.31 bits per heavy atom. The van der Waals surface area contributed by atoms with E-state index in [0.717, 1.165) is 6.26 Å². The minimum Gasteiger partial charge on any atom is -0.481 e. The second kappa shape index (κ2) is 9.64. The van der Waals surface area contributed by atoms with Crippen LogP contribution in [0, 0.1) is 6.92 Å². The highest BCUT2D eigenvalue weighted by molar-refractivity contribution is 7.97. The molecule has 0 fully saturated rings. The van der Waals surface area contributed by atoms with Crippen LogP contribution in [-0.4, -0.2) is 63.9 Å². The van der Waals surface area contributed by atoms with Crippen LogP contribution in [0.3, 0.4) is 0 Å². The number of nitrogens with one attached hydrogen (secondary N) is 1. The van der Waals surface area contributed by atoms with Crippen LogP contribution in [0.5, 0.6) is 5.88 Å². The first-order chi connectivity index (χ1) is 13.7. The number of thioether (sulfide) groups is 1. The molecule has 10 heteroatoms. The lowest BCUT2D eigenvalue weighted by Crippen LogP contribution is -2.16. The topological polar surface area (TPSA) is 99.5 Å². The van der Waals surface area contributed by atoms with Gasteiger partial charge in [0.2, 0.25) is 11.7 Å². The first-order valence-electron chi connectivity index (χ1n) is 8.87. The molecule has 160 valence electrons. The Hall–Kier alpha value is -2.04. The minimum atomic E-state index is -3.50. The quantitative estimate of drug-likeness (QED) is 0.443. The predicted molar refractivity (Wildman–Crippen MR) is 115 cm³/mol. The lowest BCUT2D eigenvalue weighted by molar-refractivity contribution is 0.103. The number of hydrogen-bond acceptors (Lipinski definition) is 8. The van der Waals surface area contributed by atoms with E-state index in [4.69, 9.17) is 9.47 Å². The van der Waals surface area contributed by atoms with E-state index >= 15 is 0 Å². The number of hydrogen-bond donors (Lipinski definition) is 1. The molecule has 0 bridgehead atoms. The standard InChI is InChI=1S/C19H27N3O5S2/c1-12-16(19(27-4)22(2)21-12)18(23)13-7-8-15(29(6,24)25)17(14(13)11-28-5)20-9-10-26-3/h7-8,20H,9-11H2,1-6H3. The number of aryl methyl sites for hydroxylation is 2. The van der Waals surface area contributed by atoms with E-state index in [1.54, 1.807) is 27.1 Å². The fraction of sp³-hybridized carbons (Fsp3) is 0.474. The van der Waals surface area contributed by atoms with Crippen molar-refractivity contribution in [2.75, 3.05) is 45.2 Å². The average molecular weight is 442 g/mol. The Morgan fingerprint density at radius 2 is 2.00 bits per heavy atom. The number of ketones is 1. The van der Waals surface area contributed by atoms with Crippen molar-refractivity contribution < 1.29 is 22.7 Å². The maximum absolute atomic E-state index is 13.5. The first-order valence-corrected chi connectivity index (χ1v) is 12.2. The highest BCUT2D eigenvalue weighted by Gasteiger charge is 2.27. The lowest BCUT2D eigenvalue weighted by Gasteiger charge is -2.19.